The van der Waals surface area contributed by atoms with Gasteiger partial charge in [0.1, 0.15) is 6.10 Å². The molecule has 4 heterocycles. The number of piperidine rings is 1. The quantitative estimate of drug-likeness (QED) is 0.719. The van der Waals surface area contributed by atoms with Gasteiger partial charge in [0.15, 0.2) is 5.82 Å². The van der Waals surface area contributed by atoms with E-state index in [2.05, 4.69) is 10.4 Å². The number of morpholine rings is 1. The molecule has 2 fully saturated rings. The van der Waals surface area contributed by atoms with Crippen LogP contribution < -0.4 is 5.32 Å². The maximum absolute atomic E-state index is 13.0. The van der Waals surface area contributed by atoms with Crippen LogP contribution in [0.1, 0.15) is 23.2 Å². The second-order valence-corrected chi connectivity index (χ2v) is 7.37. The van der Waals surface area contributed by atoms with E-state index in [0.717, 1.165) is 29.6 Å². The number of carbonyl (C=O) groups excluding carboxylic acids is 1. The van der Waals surface area contributed by atoms with E-state index in [1.807, 2.05) is 54.3 Å². The summed E-state index contributed by atoms with van der Waals surface area (Å²) in [7, 11) is 1.88. The summed E-state index contributed by atoms with van der Waals surface area (Å²) in [5.74, 6) is 0.507. The maximum Gasteiger partial charge on any atom is 0.340 e. The minimum absolute atomic E-state index is 0.0744. The van der Waals surface area contributed by atoms with Crippen molar-refractivity contribution in [3.05, 3.63) is 48.3 Å². The molecule has 0 aliphatic carbocycles. The van der Waals surface area contributed by atoms with Gasteiger partial charge in [-0.05, 0) is 6.07 Å². The summed E-state index contributed by atoms with van der Waals surface area (Å²) in [5.41, 5.74) is 1.52. The van der Waals surface area contributed by atoms with Gasteiger partial charge in [-0.2, -0.15) is 5.10 Å². The van der Waals surface area contributed by atoms with E-state index in [-0.39, 0.29) is 24.2 Å². The largest absolute Gasteiger partial charge is 0.459 e. The van der Waals surface area contributed by atoms with Crippen LogP contribution in [0.25, 0.3) is 16.7 Å². The van der Waals surface area contributed by atoms with Crippen molar-refractivity contribution in [2.24, 2.45) is 7.05 Å². The highest BCUT2D eigenvalue weighted by Gasteiger charge is 2.34. The lowest BCUT2D eigenvalue weighted by atomic mass is 9.94. The molecule has 2 bridgehead atoms. The topological polar surface area (TPSA) is 70.3 Å². The molecule has 0 spiro atoms. The van der Waals surface area contributed by atoms with Crippen molar-refractivity contribution < 1.29 is 14.3 Å². The zero-order valence-electron chi connectivity index (χ0n) is 15.2. The van der Waals surface area contributed by atoms with E-state index in [9.17, 15) is 4.79 Å². The van der Waals surface area contributed by atoms with Gasteiger partial charge in [-0.15, -0.1) is 0 Å². The summed E-state index contributed by atoms with van der Waals surface area (Å²) < 4.78 is 15.2. The standard InChI is InChI=1S/C20H22N4O3/c1-23-7-6-19(22-23)24-10-17(16-4-2-3-5-18(16)24)20(25)27-15-8-13-11-26-12-14(9-15)21-13/h2-7,10,13-15,21H,8-9,11-12H2,1H3. The number of hydrogen-bond acceptors (Lipinski definition) is 5. The molecule has 3 aromatic rings. The number of aromatic nitrogens is 3. The van der Waals surface area contributed by atoms with Gasteiger partial charge in [0, 0.05) is 55.8 Å². The van der Waals surface area contributed by atoms with Crippen molar-refractivity contribution >= 4 is 16.9 Å². The van der Waals surface area contributed by atoms with E-state index >= 15 is 0 Å². The van der Waals surface area contributed by atoms with E-state index in [1.54, 1.807) is 4.68 Å². The summed E-state index contributed by atoms with van der Waals surface area (Å²) in [5, 5.41) is 8.87. The Balaban J connectivity index is 1.45. The molecule has 2 saturated heterocycles. The second kappa shape index (κ2) is 6.51. The third kappa shape index (κ3) is 3.02. The van der Waals surface area contributed by atoms with Gasteiger partial charge in [0.2, 0.25) is 0 Å². The highest BCUT2D eigenvalue weighted by Crippen LogP contribution is 2.27. The van der Waals surface area contributed by atoms with E-state index < -0.39 is 0 Å². The molecular formula is C20H22N4O3. The number of benzene rings is 1. The lowest BCUT2D eigenvalue weighted by Gasteiger charge is -2.39. The fourth-order valence-corrected chi connectivity index (χ4v) is 4.16. The van der Waals surface area contributed by atoms with Crippen LogP contribution in [0.3, 0.4) is 0 Å². The lowest BCUT2D eigenvalue weighted by Crippen LogP contribution is -2.56. The first kappa shape index (κ1) is 16.5. The van der Waals surface area contributed by atoms with Crippen LogP contribution in [0.2, 0.25) is 0 Å². The molecule has 0 saturated carbocycles. The van der Waals surface area contributed by atoms with Crippen molar-refractivity contribution in [3.63, 3.8) is 0 Å². The molecule has 7 heteroatoms. The number of carbonyl (C=O) groups is 1. The summed E-state index contributed by atoms with van der Waals surface area (Å²) in [6, 6.07) is 10.3. The predicted octanol–water partition coefficient (Wildman–Crippen LogP) is 2.04. The minimum Gasteiger partial charge on any atom is -0.459 e. The Hall–Kier alpha value is -2.64. The smallest absolute Gasteiger partial charge is 0.340 e. The number of nitrogens with one attached hydrogen (secondary N) is 1. The number of fused-ring (bicyclic) bond motifs is 3. The first-order valence-electron chi connectivity index (χ1n) is 9.32. The summed E-state index contributed by atoms with van der Waals surface area (Å²) in [6.45, 7) is 1.37. The minimum atomic E-state index is -0.272. The SMILES string of the molecule is Cn1ccc(-n2cc(C(=O)OC3CC4COCC(C3)N4)c3ccccc32)n1. The molecule has 2 unspecified atom stereocenters. The molecule has 7 nitrogen and oxygen atoms in total. The molecule has 1 N–H and O–H groups in total. The predicted molar refractivity (Wildman–Crippen MR) is 100 cm³/mol. The molecule has 140 valence electrons. The first-order valence-corrected chi connectivity index (χ1v) is 9.32. The molecule has 0 amide bonds. The highest BCUT2D eigenvalue weighted by atomic mass is 16.5. The Morgan fingerprint density at radius 1 is 1.22 bits per heavy atom. The highest BCUT2D eigenvalue weighted by molar-refractivity contribution is 6.04. The van der Waals surface area contributed by atoms with Crippen LogP contribution in [0.4, 0.5) is 0 Å². The van der Waals surface area contributed by atoms with Gasteiger partial charge >= 0.3 is 5.97 Å². The monoisotopic (exact) mass is 366 g/mol. The van der Waals surface area contributed by atoms with E-state index in [4.69, 9.17) is 9.47 Å². The summed E-state index contributed by atoms with van der Waals surface area (Å²) in [4.78, 5) is 13.0. The molecule has 1 aromatic carbocycles. The number of ether oxygens (including phenoxy) is 2. The zero-order valence-corrected chi connectivity index (χ0v) is 15.2. The number of esters is 1. The third-order valence-corrected chi connectivity index (χ3v) is 5.36. The van der Waals surface area contributed by atoms with Crippen molar-refractivity contribution in [2.75, 3.05) is 13.2 Å². The van der Waals surface area contributed by atoms with Crippen LogP contribution >= 0.6 is 0 Å². The van der Waals surface area contributed by atoms with Gasteiger partial charge in [-0.25, -0.2) is 4.79 Å². The van der Waals surface area contributed by atoms with Crippen LogP contribution in [0.15, 0.2) is 42.7 Å². The summed E-state index contributed by atoms with van der Waals surface area (Å²) in [6.07, 6.45) is 5.23. The number of aryl methyl sites for hydroxylation is 1. The fourth-order valence-electron chi connectivity index (χ4n) is 4.16. The zero-order chi connectivity index (χ0) is 18.4. The molecule has 0 radical (unpaired) electrons. The Bertz CT molecular complexity index is 980. The Morgan fingerprint density at radius 3 is 2.74 bits per heavy atom. The summed E-state index contributed by atoms with van der Waals surface area (Å²) >= 11 is 0. The molecule has 2 aliphatic rings. The molecular weight excluding hydrogens is 344 g/mol. The molecule has 2 aromatic heterocycles. The van der Waals surface area contributed by atoms with E-state index in [1.165, 1.54) is 0 Å². The van der Waals surface area contributed by atoms with Gasteiger partial charge in [0.25, 0.3) is 0 Å². The van der Waals surface area contributed by atoms with Crippen LogP contribution in [-0.4, -0.2) is 51.7 Å². The van der Waals surface area contributed by atoms with Gasteiger partial charge < -0.3 is 14.8 Å². The molecule has 5 rings (SSSR count). The van der Waals surface area contributed by atoms with Crippen LogP contribution in [0, 0.1) is 0 Å². The van der Waals surface area contributed by atoms with Gasteiger partial charge in [0.05, 0.1) is 24.3 Å². The molecule has 2 aliphatic heterocycles. The molecule has 27 heavy (non-hydrogen) atoms. The van der Waals surface area contributed by atoms with E-state index in [0.29, 0.717) is 18.8 Å². The third-order valence-electron chi connectivity index (χ3n) is 5.36. The van der Waals surface area contributed by atoms with Gasteiger partial charge in [-0.3, -0.25) is 9.25 Å². The number of rotatable bonds is 3. The van der Waals surface area contributed by atoms with Gasteiger partial charge in [-0.1, -0.05) is 18.2 Å². The van der Waals surface area contributed by atoms with Crippen molar-refractivity contribution in [1.82, 2.24) is 19.7 Å². The lowest BCUT2D eigenvalue weighted by molar-refractivity contribution is -0.0339. The first-order chi connectivity index (χ1) is 13.2. The number of hydrogen-bond donors (Lipinski definition) is 1. The van der Waals surface area contributed by atoms with Crippen molar-refractivity contribution in [2.45, 2.75) is 31.0 Å². The van der Waals surface area contributed by atoms with Crippen molar-refractivity contribution in [1.29, 1.82) is 0 Å². The average Bonchev–Trinajstić information content (AvgIpc) is 3.25. The normalized spacial score (nSPS) is 24.9. The molecule has 2 atom stereocenters. The Morgan fingerprint density at radius 2 is 2.00 bits per heavy atom. The Labute approximate surface area is 156 Å². The average molecular weight is 366 g/mol. The maximum atomic E-state index is 13.0. The van der Waals surface area contributed by atoms with Crippen molar-refractivity contribution in [3.8, 4) is 5.82 Å². The Kier molecular flexibility index (Phi) is 3.98. The number of para-hydroxylation sites is 1. The van der Waals surface area contributed by atoms with Crippen LogP contribution in [-0.2, 0) is 16.5 Å². The van der Waals surface area contributed by atoms with Crippen LogP contribution in [0.5, 0.6) is 0 Å². The fraction of sp³-hybridized carbons (Fsp3) is 0.400. The number of nitrogens with zero attached hydrogens (tertiary/aromatic N) is 3. The second-order valence-electron chi connectivity index (χ2n) is 7.37.